The Hall–Kier alpha value is -1.43. The van der Waals surface area contributed by atoms with Gasteiger partial charge in [0.25, 0.3) is 0 Å². The predicted octanol–water partition coefficient (Wildman–Crippen LogP) is 1.51. The van der Waals surface area contributed by atoms with Gasteiger partial charge >= 0.3 is 5.97 Å². The number of nitrogens with zero attached hydrogens (tertiary/aromatic N) is 2. The number of carbonyl (C=O) groups excluding carboxylic acids is 1. The summed E-state index contributed by atoms with van der Waals surface area (Å²) >= 11 is 3.20. The van der Waals surface area contributed by atoms with Gasteiger partial charge in [-0.25, -0.2) is 9.78 Å². The Morgan fingerprint density at radius 3 is 3.14 bits per heavy atom. The van der Waals surface area contributed by atoms with Crippen LogP contribution in [0.25, 0.3) is 11.0 Å². The van der Waals surface area contributed by atoms with Gasteiger partial charge in [0.2, 0.25) is 0 Å². The van der Waals surface area contributed by atoms with E-state index in [-0.39, 0.29) is 0 Å². The van der Waals surface area contributed by atoms with E-state index in [0.717, 1.165) is 0 Å². The van der Waals surface area contributed by atoms with Crippen LogP contribution in [0, 0.1) is 0 Å². The number of hydrogen-bond acceptors (Lipinski definition) is 4. The van der Waals surface area contributed by atoms with Crippen LogP contribution in [-0.4, -0.2) is 28.3 Å². The summed E-state index contributed by atoms with van der Waals surface area (Å²) in [6.45, 7) is 0. The molecule has 0 spiro atoms. The van der Waals surface area contributed by atoms with Crippen molar-refractivity contribution in [2.24, 2.45) is 0 Å². The third-order valence-corrected chi connectivity index (χ3v) is 2.19. The molecular formula is C8H6BrN3O2. The SMILES string of the molecule is COC(=O)c1cc(Br)nc2cn[nH]c12. The Kier molecular flexibility index (Phi) is 2.20. The first-order valence-corrected chi connectivity index (χ1v) is 4.59. The van der Waals surface area contributed by atoms with Crippen LogP contribution in [0.4, 0.5) is 0 Å². The second-order valence-electron chi connectivity index (χ2n) is 2.61. The number of carbonyl (C=O) groups is 1. The lowest BCUT2D eigenvalue weighted by molar-refractivity contribution is 0.0602. The highest BCUT2D eigenvalue weighted by atomic mass is 79.9. The number of H-pyrrole nitrogens is 1. The van der Waals surface area contributed by atoms with Gasteiger partial charge in [0.05, 0.1) is 24.4 Å². The number of halogens is 1. The zero-order valence-electron chi connectivity index (χ0n) is 7.24. The molecule has 0 aliphatic heterocycles. The average molecular weight is 256 g/mol. The maximum atomic E-state index is 11.4. The molecule has 0 saturated heterocycles. The summed E-state index contributed by atoms with van der Waals surface area (Å²) in [5.41, 5.74) is 1.63. The molecule has 0 aliphatic rings. The summed E-state index contributed by atoms with van der Waals surface area (Å²) in [6.07, 6.45) is 1.55. The molecule has 0 saturated carbocycles. The summed E-state index contributed by atoms with van der Waals surface area (Å²) in [6, 6.07) is 1.59. The Bertz CT molecular complexity index is 494. The molecule has 6 heteroatoms. The third-order valence-electron chi connectivity index (χ3n) is 1.78. The molecule has 0 bridgehead atoms. The van der Waals surface area contributed by atoms with E-state index in [0.29, 0.717) is 21.2 Å². The number of rotatable bonds is 1. The highest BCUT2D eigenvalue weighted by molar-refractivity contribution is 9.10. The molecular weight excluding hydrogens is 250 g/mol. The zero-order valence-corrected chi connectivity index (χ0v) is 8.83. The smallest absolute Gasteiger partial charge is 0.340 e. The van der Waals surface area contributed by atoms with E-state index in [4.69, 9.17) is 0 Å². The van der Waals surface area contributed by atoms with E-state index in [9.17, 15) is 4.79 Å². The number of ether oxygens (including phenoxy) is 1. The number of aromatic nitrogens is 3. The van der Waals surface area contributed by atoms with Crippen LogP contribution in [0.1, 0.15) is 10.4 Å². The molecule has 14 heavy (non-hydrogen) atoms. The Balaban J connectivity index is 2.72. The standard InChI is InChI=1S/C8H6BrN3O2/c1-14-8(13)4-2-6(9)11-5-3-10-12-7(4)5/h2-3H,1H3,(H,10,12). The van der Waals surface area contributed by atoms with Crippen molar-refractivity contribution in [2.75, 3.05) is 7.11 Å². The van der Waals surface area contributed by atoms with E-state index < -0.39 is 5.97 Å². The summed E-state index contributed by atoms with van der Waals surface area (Å²) < 4.78 is 5.21. The summed E-state index contributed by atoms with van der Waals surface area (Å²) in [4.78, 5) is 15.5. The fraction of sp³-hybridized carbons (Fsp3) is 0.125. The fourth-order valence-electron chi connectivity index (χ4n) is 1.17. The molecule has 0 atom stereocenters. The second-order valence-corrected chi connectivity index (χ2v) is 3.43. The molecule has 0 aromatic carbocycles. The highest BCUT2D eigenvalue weighted by Gasteiger charge is 2.13. The monoisotopic (exact) mass is 255 g/mol. The van der Waals surface area contributed by atoms with Gasteiger partial charge in [0.1, 0.15) is 10.1 Å². The third kappa shape index (κ3) is 1.37. The Labute approximate surface area is 87.6 Å². The fourth-order valence-corrected chi connectivity index (χ4v) is 1.59. The largest absolute Gasteiger partial charge is 0.465 e. The maximum absolute atomic E-state index is 11.4. The molecule has 0 fully saturated rings. The molecule has 0 aliphatic carbocycles. The normalized spacial score (nSPS) is 10.4. The summed E-state index contributed by atoms with van der Waals surface area (Å²) in [5.74, 6) is -0.414. The lowest BCUT2D eigenvalue weighted by atomic mass is 10.2. The number of hydrogen-bond donors (Lipinski definition) is 1. The minimum atomic E-state index is -0.414. The van der Waals surface area contributed by atoms with Gasteiger partial charge in [0, 0.05) is 0 Å². The van der Waals surface area contributed by atoms with Crippen molar-refractivity contribution < 1.29 is 9.53 Å². The number of pyridine rings is 1. The molecule has 2 aromatic rings. The topological polar surface area (TPSA) is 67.9 Å². The number of fused-ring (bicyclic) bond motifs is 1. The van der Waals surface area contributed by atoms with Crippen LogP contribution < -0.4 is 0 Å². The van der Waals surface area contributed by atoms with Gasteiger partial charge in [-0.2, -0.15) is 5.10 Å². The molecule has 2 rings (SSSR count). The molecule has 5 nitrogen and oxygen atoms in total. The number of methoxy groups -OCH3 is 1. The van der Waals surface area contributed by atoms with Crippen molar-refractivity contribution in [1.82, 2.24) is 15.2 Å². The van der Waals surface area contributed by atoms with Gasteiger partial charge in [-0.1, -0.05) is 0 Å². The van der Waals surface area contributed by atoms with Crippen molar-refractivity contribution in [3.63, 3.8) is 0 Å². The van der Waals surface area contributed by atoms with Gasteiger partial charge in [0.15, 0.2) is 0 Å². The molecule has 0 unspecified atom stereocenters. The van der Waals surface area contributed by atoms with Crippen LogP contribution in [0.3, 0.4) is 0 Å². The maximum Gasteiger partial charge on any atom is 0.340 e. The number of esters is 1. The van der Waals surface area contributed by atoms with E-state index in [1.165, 1.54) is 7.11 Å². The first kappa shape index (κ1) is 9.14. The van der Waals surface area contributed by atoms with Gasteiger partial charge in [-0.05, 0) is 22.0 Å². The molecule has 2 aromatic heterocycles. The van der Waals surface area contributed by atoms with E-state index in [1.54, 1.807) is 12.3 Å². The lowest BCUT2D eigenvalue weighted by Gasteiger charge is -2.00. The quantitative estimate of drug-likeness (QED) is 0.620. The van der Waals surface area contributed by atoms with Crippen LogP contribution in [0.2, 0.25) is 0 Å². The van der Waals surface area contributed by atoms with Crippen molar-refractivity contribution in [3.8, 4) is 0 Å². The van der Waals surface area contributed by atoms with E-state index in [1.807, 2.05) is 0 Å². The number of aromatic amines is 1. The molecule has 1 N–H and O–H groups in total. The minimum Gasteiger partial charge on any atom is -0.465 e. The van der Waals surface area contributed by atoms with Gasteiger partial charge < -0.3 is 4.74 Å². The lowest BCUT2D eigenvalue weighted by Crippen LogP contribution is -2.02. The molecule has 0 radical (unpaired) electrons. The number of nitrogens with one attached hydrogen (secondary N) is 1. The highest BCUT2D eigenvalue weighted by Crippen LogP contribution is 2.19. The van der Waals surface area contributed by atoms with Crippen molar-refractivity contribution in [3.05, 3.63) is 22.4 Å². The van der Waals surface area contributed by atoms with Crippen molar-refractivity contribution >= 4 is 32.9 Å². The predicted molar refractivity (Wildman–Crippen MR) is 52.9 cm³/mol. The first-order valence-electron chi connectivity index (χ1n) is 3.80. The molecule has 2 heterocycles. The summed E-state index contributed by atoms with van der Waals surface area (Å²) in [7, 11) is 1.33. The van der Waals surface area contributed by atoms with Gasteiger partial charge in [-0.3, -0.25) is 5.10 Å². The zero-order chi connectivity index (χ0) is 10.1. The Morgan fingerprint density at radius 2 is 2.43 bits per heavy atom. The van der Waals surface area contributed by atoms with Gasteiger partial charge in [-0.15, -0.1) is 0 Å². The van der Waals surface area contributed by atoms with Crippen LogP contribution in [0.5, 0.6) is 0 Å². The Morgan fingerprint density at radius 1 is 1.64 bits per heavy atom. The van der Waals surface area contributed by atoms with E-state index >= 15 is 0 Å². The van der Waals surface area contributed by atoms with E-state index in [2.05, 4.69) is 35.8 Å². The molecule has 72 valence electrons. The second kappa shape index (κ2) is 3.38. The van der Waals surface area contributed by atoms with Crippen LogP contribution >= 0.6 is 15.9 Å². The summed E-state index contributed by atoms with van der Waals surface area (Å²) in [5, 5.41) is 6.50. The van der Waals surface area contributed by atoms with Crippen LogP contribution in [-0.2, 0) is 4.74 Å². The van der Waals surface area contributed by atoms with Crippen LogP contribution in [0.15, 0.2) is 16.9 Å². The molecule has 0 amide bonds. The average Bonchev–Trinajstić information content (AvgIpc) is 2.62. The minimum absolute atomic E-state index is 0.414. The first-order chi connectivity index (χ1) is 6.72. The van der Waals surface area contributed by atoms with Crippen molar-refractivity contribution in [2.45, 2.75) is 0 Å². The van der Waals surface area contributed by atoms with Crippen molar-refractivity contribution in [1.29, 1.82) is 0 Å².